The van der Waals surface area contributed by atoms with Crippen molar-refractivity contribution >= 4 is 22.6 Å². The van der Waals surface area contributed by atoms with Gasteiger partial charge in [0, 0.05) is 13.1 Å². The first-order chi connectivity index (χ1) is 14.6. The van der Waals surface area contributed by atoms with Crippen LogP contribution in [0.15, 0.2) is 48.5 Å². The van der Waals surface area contributed by atoms with Crippen molar-refractivity contribution < 1.29 is 14.3 Å². The van der Waals surface area contributed by atoms with E-state index in [1.807, 2.05) is 54.9 Å². The number of hydrogen-bond donors (Lipinski definition) is 1. The third kappa shape index (κ3) is 4.80. The van der Waals surface area contributed by atoms with Crippen LogP contribution in [-0.4, -0.2) is 59.5 Å². The smallest absolute Gasteiger partial charge is 0.239 e. The summed E-state index contributed by atoms with van der Waals surface area (Å²) in [7, 11) is 0. The summed E-state index contributed by atoms with van der Waals surface area (Å²) in [6, 6.07) is 16.1. The van der Waals surface area contributed by atoms with Crippen molar-refractivity contribution in [2.45, 2.75) is 26.5 Å². The lowest BCUT2D eigenvalue weighted by Crippen LogP contribution is -2.41. The summed E-state index contributed by atoms with van der Waals surface area (Å²) >= 11 is 0. The molecule has 1 fully saturated rings. The van der Waals surface area contributed by atoms with Crippen molar-refractivity contribution in [3.8, 4) is 5.75 Å². The zero-order chi connectivity index (χ0) is 20.9. The summed E-state index contributed by atoms with van der Waals surface area (Å²) in [5, 5.41) is 8.60. The maximum absolute atomic E-state index is 12.7. The number of nitrogens with one attached hydrogen (secondary N) is 1. The molecule has 158 valence electrons. The summed E-state index contributed by atoms with van der Waals surface area (Å²) in [5.41, 5.74) is 2.07. The summed E-state index contributed by atoms with van der Waals surface area (Å²) < 4.78 is 13.3. The van der Waals surface area contributed by atoms with Crippen molar-refractivity contribution in [1.82, 2.24) is 14.7 Å². The third-order valence-electron chi connectivity index (χ3n) is 5.01. The second kappa shape index (κ2) is 9.28. The number of amides is 1. The molecule has 30 heavy (non-hydrogen) atoms. The molecule has 0 atom stereocenters. The SMILES string of the molecule is CC(C)Oc1cccc2c1c(NC(=O)CN1CCOCC1)nn2Cc1ccccc1. The molecule has 3 aromatic rings. The van der Waals surface area contributed by atoms with Crippen LogP contribution in [0.3, 0.4) is 0 Å². The molecule has 1 N–H and O–H groups in total. The summed E-state index contributed by atoms with van der Waals surface area (Å²) in [5.74, 6) is 1.18. The highest BCUT2D eigenvalue weighted by atomic mass is 16.5. The second-order valence-corrected chi connectivity index (χ2v) is 7.75. The van der Waals surface area contributed by atoms with Gasteiger partial charge in [-0.2, -0.15) is 5.10 Å². The van der Waals surface area contributed by atoms with E-state index in [0.29, 0.717) is 32.1 Å². The predicted molar refractivity (Wildman–Crippen MR) is 117 cm³/mol. The van der Waals surface area contributed by atoms with Gasteiger partial charge >= 0.3 is 0 Å². The Labute approximate surface area is 176 Å². The Morgan fingerprint density at radius 2 is 1.90 bits per heavy atom. The first kappa shape index (κ1) is 20.4. The summed E-state index contributed by atoms with van der Waals surface area (Å²) in [4.78, 5) is 14.8. The van der Waals surface area contributed by atoms with Gasteiger partial charge in [0.05, 0.1) is 43.3 Å². The normalized spacial score (nSPS) is 14.9. The molecule has 0 spiro atoms. The van der Waals surface area contributed by atoms with Gasteiger partial charge in [-0.25, -0.2) is 0 Å². The summed E-state index contributed by atoms with van der Waals surface area (Å²) in [6.07, 6.45) is 0.0185. The molecule has 0 radical (unpaired) electrons. The number of rotatable bonds is 7. The molecule has 0 saturated carbocycles. The van der Waals surface area contributed by atoms with Crippen LogP contribution in [0.2, 0.25) is 0 Å². The van der Waals surface area contributed by atoms with Crippen molar-refractivity contribution in [2.24, 2.45) is 0 Å². The van der Waals surface area contributed by atoms with Gasteiger partial charge in [0.1, 0.15) is 5.75 Å². The number of carbonyl (C=O) groups is 1. The minimum absolute atomic E-state index is 0.0185. The Morgan fingerprint density at radius 1 is 1.13 bits per heavy atom. The van der Waals surface area contributed by atoms with Crippen LogP contribution in [0.25, 0.3) is 10.9 Å². The van der Waals surface area contributed by atoms with Crippen molar-refractivity contribution in [3.63, 3.8) is 0 Å². The molecule has 0 unspecified atom stereocenters. The Bertz CT molecular complexity index is 994. The molecule has 2 heterocycles. The van der Waals surface area contributed by atoms with E-state index < -0.39 is 0 Å². The molecule has 2 aromatic carbocycles. The van der Waals surface area contributed by atoms with Crippen LogP contribution in [0.4, 0.5) is 5.82 Å². The average Bonchev–Trinajstić information content (AvgIpc) is 3.07. The number of anilines is 1. The van der Waals surface area contributed by atoms with Gasteiger partial charge in [-0.1, -0.05) is 36.4 Å². The van der Waals surface area contributed by atoms with E-state index in [2.05, 4.69) is 22.3 Å². The number of ether oxygens (including phenoxy) is 2. The molecule has 0 bridgehead atoms. The van der Waals surface area contributed by atoms with Gasteiger partial charge in [0.25, 0.3) is 0 Å². The lowest BCUT2D eigenvalue weighted by Gasteiger charge is -2.25. The van der Waals surface area contributed by atoms with E-state index in [1.165, 1.54) is 0 Å². The van der Waals surface area contributed by atoms with Gasteiger partial charge in [0.2, 0.25) is 5.91 Å². The number of nitrogens with zero attached hydrogens (tertiary/aromatic N) is 3. The molecule has 1 aliphatic heterocycles. The molecule has 0 aliphatic carbocycles. The number of benzene rings is 2. The monoisotopic (exact) mass is 408 g/mol. The number of morpholine rings is 1. The molecule has 4 rings (SSSR count). The second-order valence-electron chi connectivity index (χ2n) is 7.75. The van der Waals surface area contributed by atoms with Crippen molar-refractivity contribution in [1.29, 1.82) is 0 Å². The van der Waals surface area contributed by atoms with E-state index in [9.17, 15) is 4.79 Å². The third-order valence-corrected chi connectivity index (χ3v) is 5.01. The number of carbonyl (C=O) groups excluding carboxylic acids is 1. The molecule has 7 nitrogen and oxygen atoms in total. The first-order valence-electron chi connectivity index (χ1n) is 10.4. The van der Waals surface area contributed by atoms with Crippen molar-refractivity contribution in [3.05, 3.63) is 54.1 Å². The van der Waals surface area contributed by atoms with E-state index in [4.69, 9.17) is 14.6 Å². The van der Waals surface area contributed by atoms with Gasteiger partial charge in [-0.05, 0) is 31.5 Å². The quantitative estimate of drug-likeness (QED) is 0.651. The molecular weight excluding hydrogens is 380 g/mol. The fourth-order valence-electron chi connectivity index (χ4n) is 3.65. The van der Waals surface area contributed by atoms with E-state index in [-0.39, 0.29) is 12.0 Å². The molecule has 1 aliphatic rings. The van der Waals surface area contributed by atoms with E-state index >= 15 is 0 Å². The van der Waals surface area contributed by atoms with Gasteiger partial charge in [-0.3, -0.25) is 14.4 Å². The highest BCUT2D eigenvalue weighted by Gasteiger charge is 2.20. The molecular formula is C23H28N4O3. The molecule has 1 aromatic heterocycles. The standard InChI is InChI=1S/C23H28N4O3/c1-17(2)30-20-10-6-9-19-22(20)23(24-21(28)16-26-11-13-29-14-12-26)25-27(19)15-18-7-4-3-5-8-18/h3-10,17H,11-16H2,1-2H3,(H,24,25,28). The lowest BCUT2D eigenvalue weighted by atomic mass is 10.2. The molecule has 1 amide bonds. The van der Waals surface area contributed by atoms with E-state index in [1.54, 1.807) is 0 Å². The Morgan fingerprint density at radius 3 is 2.63 bits per heavy atom. The van der Waals surface area contributed by atoms with Crippen LogP contribution < -0.4 is 10.1 Å². The molecule has 1 saturated heterocycles. The summed E-state index contributed by atoms with van der Waals surface area (Å²) in [6.45, 7) is 7.76. The fraction of sp³-hybridized carbons (Fsp3) is 0.391. The van der Waals surface area contributed by atoms with E-state index in [0.717, 1.165) is 35.3 Å². The minimum atomic E-state index is -0.0810. The van der Waals surface area contributed by atoms with Gasteiger partial charge < -0.3 is 14.8 Å². The Kier molecular flexibility index (Phi) is 6.30. The maximum Gasteiger partial charge on any atom is 0.239 e. The number of aromatic nitrogens is 2. The van der Waals surface area contributed by atoms with Gasteiger partial charge in [-0.15, -0.1) is 0 Å². The van der Waals surface area contributed by atoms with Gasteiger partial charge in [0.15, 0.2) is 5.82 Å². The number of hydrogen-bond acceptors (Lipinski definition) is 5. The predicted octanol–water partition coefficient (Wildman–Crippen LogP) is 3.14. The molecule has 7 heteroatoms. The van der Waals surface area contributed by atoms with Crippen LogP contribution in [0.5, 0.6) is 5.75 Å². The van der Waals surface area contributed by atoms with Crippen LogP contribution >= 0.6 is 0 Å². The zero-order valence-corrected chi connectivity index (χ0v) is 17.5. The van der Waals surface area contributed by atoms with Crippen LogP contribution in [0.1, 0.15) is 19.4 Å². The highest BCUT2D eigenvalue weighted by molar-refractivity contribution is 6.03. The van der Waals surface area contributed by atoms with Crippen LogP contribution in [0, 0.1) is 0 Å². The lowest BCUT2D eigenvalue weighted by molar-refractivity contribution is -0.118. The largest absolute Gasteiger partial charge is 0.490 e. The number of fused-ring (bicyclic) bond motifs is 1. The van der Waals surface area contributed by atoms with Crippen molar-refractivity contribution in [2.75, 3.05) is 38.2 Å². The first-order valence-corrected chi connectivity index (χ1v) is 10.4. The minimum Gasteiger partial charge on any atom is -0.490 e. The zero-order valence-electron chi connectivity index (χ0n) is 17.5. The Hall–Kier alpha value is -2.90. The Balaban J connectivity index is 1.65. The topological polar surface area (TPSA) is 68.6 Å². The fourth-order valence-corrected chi connectivity index (χ4v) is 3.65. The average molecular weight is 409 g/mol. The highest BCUT2D eigenvalue weighted by Crippen LogP contribution is 2.33. The maximum atomic E-state index is 12.7. The van der Waals surface area contributed by atoms with Crippen LogP contribution in [-0.2, 0) is 16.1 Å².